The number of unbranched alkanes of at least 4 members (excludes halogenated alkanes) is 37. The van der Waals surface area contributed by atoms with E-state index in [1.165, 1.54) is 193 Å². The van der Waals surface area contributed by atoms with Crippen molar-refractivity contribution in [3.8, 4) is 0 Å². The van der Waals surface area contributed by atoms with E-state index in [2.05, 4.69) is 67.8 Å². The molecule has 0 radical (unpaired) electrons. The maximum Gasteiger partial charge on any atom is 0.305 e. The number of amides is 1. The van der Waals surface area contributed by atoms with E-state index in [1.807, 2.05) is 6.08 Å². The van der Waals surface area contributed by atoms with Crippen LogP contribution < -0.4 is 5.32 Å². The van der Waals surface area contributed by atoms with Crippen LogP contribution in [-0.2, 0) is 14.3 Å². The molecule has 0 aromatic carbocycles. The molecule has 0 saturated heterocycles. The molecule has 0 saturated carbocycles. The molecule has 2 atom stereocenters. The second-order valence-electron chi connectivity index (χ2n) is 20.7. The van der Waals surface area contributed by atoms with Crippen LogP contribution in [0.25, 0.3) is 0 Å². The second-order valence-corrected chi connectivity index (χ2v) is 20.7. The third-order valence-corrected chi connectivity index (χ3v) is 13.8. The predicted octanol–water partition coefficient (Wildman–Crippen LogP) is 19.1. The van der Waals surface area contributed by atoms with Crippen molar-refractivity contribution >= 4 is 11.9 Å². The highest BCUT2D eigenvalue weighted by molar-refractivity contribution is 5.76. The number of hydrogen-bond acceptors (Lipinski definition) is 5. The van der Waals surface area contributed by atoms with Gasteiger partial charge in [-0.1, -0.05) is 254 Å². The van der Waals surface area contributed by atoms with Crippen molar-refractivity contribution in [2.45, 2.75) is 321 Å². The van der Waals surface area contributed by atoms with Gasteiger partial charge in [0.2, 0.25) is 5.91 Å². The van der Waals surface area contributed by atoms with E-state index in [0.29, 0.717) is 19.4 Å². The van der Waals surface area contributed by atoms with Crippen molar-refractivity contribution in [1.29, 1.82) is 0 Å². The molecule has 0 fully saturated rings. The molecule has 70 heavy (non-hydrogen) atoms. The average molecular weight is 981 g/mol. The Morgan fingerprint density at radius 2 is 0.714 bits per heavy atom. The summed E-state index contributed by atoms with van der Waals surface area (Å²) < 4.78 is 5.46. The predicted molar refractivity (Wildman–Crippen MR) is 305 cm³/mol. The fraction of sp³-hybridized carbons (Fsp3) is 0.812. The normalized spacial score (nSPS) is 13.0. The molecule has 0 aliphatic carbocycles. The minimum absolute atomic E-state index is 0.0246. The number of rotatable bonds is 56. The Balaban J connectivity index is 3.53. The Morgan fingerprint density at radius 1 is 0.400 bits per heavy atom. The minimum atomic E-state index is -0.857. The van der Waals surface area contributed by atoms with Gasteiger partial charge in [0, 0.05) is 12.8 Å². The van der Waals surface area contributed by atoms with Gasteiger partial charge in [-0.3, -0.25) is 9.59 Å². The van der Waals surface area contributed by atoms with Gasteiger partial charge in [-0.25, -0.2) is 0 Å². The molecular formula is C64H117NO5. The number of aliphatic hydroxyl groups is 2. The van der Waals surface area contributed by atoms with E-state index >= 15 is 0 Å². The van der Waals surface area contributed by atoms with Crippen molar-refractivity contribution in [3.05, 3.63) is 60.8 Å². The number of allylic oxidation sites excluding steroid dienone is 9. The van der Waals surface area contributed by atoms with Crippen molar-refractivity contribution in [2.75, 3.05) is 13.2 Å². The van der Waals surface area contributed by atoms with Gasteiger partial charge in [-0.05, 0) is 103 Å². The van der Waals surface area contributed by atoms with Gasteiger partial charge in [-0.15, -0.1) is 0 Å². The Hall–Kier alpha value is -2.44. The first-order valence-corrected chi connectivity index (χ1v) is 30.6. The molecule has 2 unspecified atom stereocenters. The van der Waals surface area contributed by atoms with Gasteiger partial charge in [-0.2, -0.15) is 0 Å². The smallest absolute Gasteiger partial charge is 0.305 e. The Morgan fingerprint density at radius 3 is 1.11 bits per heavy atom. The summed E-state index contributed by atoms with van der Waals surface area (Å²) in [7, 11) is 0. The van der Waals surface area contributed by atoms with E-state index in [1.54, 1.807) is 6.08 Å². The minimum Gasteiger partial charge on any atom is -0.466 e. The first kappa shape index (κ1) is 67.6. The standard InChI is InChI=1S/C64H117NO5/c1-3-5-7-9-11-13-15-17-19-21-22-25-28-32-36-40-44-48-52-56-62(67)61(60-66)65-63(68)57-53-49-45-41-37-33-29-26-23-27-31-35-39-43-47-51-55-59-70-64(69)58-54-50-46-42-38-34-30-24-20-18-16-14-12-10-8-6-4-2/h12,14,18,20,23,27,35,39,52,56,61-62,66-67H,3-11,13,15-17,19,21-22,24-26,28-34,36-38,40-51,53-55,57-60H2,1-2H3,(H,65,68)/b14-12-,20-18-,27-23-,39-35-,56-52+. The van der Waals surface area contributed by atoms with E-state index < -0.39 is 12.1 Å². The summed E-state index contributed by atoms with van der Waals surface area (Å²) in [4.78, 5) is 24.5. The number of ether oxygens (including phenoxy) is 1. The first-order valence-electron chi connectivity index (χ1n) is 30.6. The Bertz CT molecular complexity index is 1220. The van der Waals surface area contributed by atoms with E-state index in [9.17, 15) is 19.8 Å². The van der Waals surface area contributed by atoms with Crippen molar-refractivity contribution < 1.29 is 24.5 Å². The maximum atomic E-state index is 12.5. The van der Waals surface area contributed by atoms with Crippen LogP contribution in [0.2, 0.25) is 0 Å². The molecule has 0 aromatic rings. The lowest BCUT2D eigenvalue weighted by Crippen LogP contribution is -2.45. The zero-order valence-electron chi connectivity index (χ0n) is 46.5. The fourth-order valence-corrected chi connectivity index (χ4v) is 9.05. The van der Waals surface area contributed by atoms with Gasteiger partial charge in [0.05, 0.1) is 25.4 Å². The van der Waals surface area contributed by atoms with Crippen LogP contribution in [0, 0.1) is 0 Å². The van der Waals surface area contributed by atoms with Crippen molar-refractivity contribution in [3.63, 3.8) is 0 Å². The van der Waals surface area contributed by atoms with Crippen molar-refractivity contribution in [2.24, 2.45) is 0 Å². The van der Waals surface area contributed by atoms with Gasteiger partial charge in [0.15, 0.2) is 0 Å². The summed E-state index contributed by atoms with van der Waals surface area (Å²) in [6.45, 7) is 4.84. The molecule has 1 amide bonds. The molecule has 408 valence electrons. The molecule has 3 N–H and O–H groups in total. The highest BCUT2D eigenvalue weighted by Gasteiger charge is 2.18. The Labute approximate surface area is 435 Å². The number of nitrogens with one attached hydrogen (secondary N) is 1. The van der Waals surface area contributed by atoms with Crippen LogP contribution in [0.1, 0.15) is 309 Å². The van der Waals surface area contributed by atoms with Gasteiger partial charge >= 0.3 is 5.97 Å². The number of carbonyl (C=O) groups is 2. The summed E-state index contributed by atoms with van der Waals surface area (Å²) in [5.74, 6) is -0.108. The van der Waals surface area contributed by atoms with Crippen LogP contribution >= 0.6 is 0 Å². The topological polar surface area (TPSA) is 95.9 Å². The lowest BCUT2D eigenvalue weighted by molar-refractivity contribution is -0.143. The lowest BCUT2D eigenvalue weighted by atomic mass is 10.0. The SMILES string of the molecule is CCCCC/C=C\C/C=C\CCCCCCCCCC(=O)OCCCCC/C=C\C/C=C\CCCCCCCCCC(=O)NC(CO)C(O)/C=C/CCCCCCCCCCCCCCCCCCC. The molecular weight excluding hydrogens is 863 g/mol. The molecule has 6 heteroatoms. The molecule has 0 heterocycles. The summed E-state index contributed by atoms with van der Waals surface area (Å²) in [6, 6.07) is -0.642. The quantitative estimate of drug-likeness (QED) is 0.0321. The Kier molecular flexibility index (Phi) is 57.1. The van der Waals surface area contributed by atoms with Crippen LogP contribution in [-0.4, -0.2) is 47.4 Å². The number of esters is 1. The van der Waals surface area contributed by atoms with E-state index in [0.717, 1.165) is 89.9 Å². The molecule has 0 bridgehead atoms. The van der Waals surface area contributed by atoms with Gasteiger partial charge in [0.1, 0.15) is 0 Å². The largest absolute Gasteiger partial charge is 0.466 e. The first-order chi connectivity index (χ1) is 34.5. The monoisotopic (exact) mass is 980 g/mol. The number of carbonyl (C=O) groups excluding carboxylic acids is 2. The zero-order valence-corrected chi connectivity index (χ0v) is 46.5. The fourth-order valence-electron chi connectivity index (χ4n) is 9.05. The molecule has 0 aliphatic heterocycles. The molecule has 0 aliphatic rings. The lowest BCUT2D eigenvalue weighted by Gasteiger charge is -2.20. The summed E-state index contributed by atoms with van der Waals surface area (Å²) in [5, 5.41) is 23.2. The van der Waals surface area contributed by atoms with E-state index in [-0.39, 0.29) is 18.5 Å². The zero-order chi connectivity index (χ0) is 50.7. The summed E-state index contributed by atoms with van der Waals surface area (Å²) in [5.41, 5.74) is 0. The summed E-state index contributed by atoms with van der Waals surface area (Å²) in [6.07, 6.45) is 76.8. The third-order valence-electron chi connectivity index (χ3n) is 13.8. The van der Waals surface area contributed by atoms with Gasteiger partial charge < -0.3 is 20.3 Å². The molecule has 0 spiro atoms. The summed E-state index contributed by atoms with van der Waals surface area (Å²) >= 11 is 0. The highest BCUT2D eigenvalue weighted by Crippen LogP contribution is 2.16. The van der Waals surface area contributed by atoms with Crippen LogP contribution in [0.5, 0.6) is 0 Å². The maximum absolute atomic E-state index is 12.5. The second kappa shape index (κ2) is 59.1. The third kappa shape index (κ3) is 54.9. The van der Waals surface area contributed by atoms with Gasteiger partial charge in [0.25, 0.3) is 0 Å². The molecule has 0 rings (SSSR count). The van der Waals surface area contributed by atoms with Crippen LogP contribution in [0.4, 0.5) is 0 Å². The molecule has 0 aromatic heterocycles. The van der Waals surface area contributed by atoms with Crippen LogP contribution in [0.3, 0.4) is 0 Å². The number of hydrogen-bond donors (Lipinski definition) is 3. The number of aliphatic hydroxyl groups excluding tert-OH is 2. The van der Waals surface area contributed by atoms with Crippen LogP contribution in [0.15, 0.2) is 60.8 Å². The highest BCUT2D eigenvalue weighted by atomic mass is 16.5. The van der Waals surface area contributed by atoms with E-state index in [4.69, 9.17) is 4.74 Å². The molecule has 6 nitrogen and oxygen atoms in total. The van der Waals surface area contributed by atoms with Crippen molar-refractivity contribution in [1.82, 2.24) is 5.32 Å². The average Bonchev–Trinajstić information content (AvgIpc) is 3.36.